The summed E-state index contributed by atoms with van der Waals surface area (Å²) in [7, 11) is 0. The molecule has 8 N–H and O–H groups in total. The molecule has 3 aliphatic rings. The van der Waals surface area contributed by atoms with Gasteiger partial charge in [0.05, 0.1) is 41.2 Å². The average molecular weight is 1220 g/mol. The molecular weight excluding hydrogens is 1170 g/mol. The number of nitrogens with zero attached hydrogens (tertiary/aromatic N) is 8. The Kier molecular flexibility index (Phi) is 16.3. The van der Waals surface area contributed by atoms with Crippen LogP contribution in [0.4, 0.5) is 0 Å². The van der Waals surface area contributed by atoms with Crippen LogP contribution >= 0.6 is 68.0 Å². The summed E-state index contributed by atoms with van der Waals surface area (Å²) in [5.74, 6) is -4.91. The van der Waals surface area contributed by atoms with Gasteiger partial charge in [0.2, 0.25) is 11.8 Å². The van der Waals surface area contributed by atoms with Gasteiger partial charge in [0.1, 0.15) is 76.7 Å². The first-order valence-electron chi connectivity index (χ1n) is 25.9. The fraction of sp³-hybridized carbons (Fsp3) is 0.333. The van der Waals surface area contributed by atoms with E-state index in [0.717, 1.165) is 11.3 Å². The Morgan fingerprint density at radius 3 is 2.13 bits per heavy atom. The van der Waals surface area contributed by atoms with Gasteiger partial charge in [-0.05, 0) is 62.4 Å². The number of rotatable bonds is 8. The number of phenolic OH excluding ortho intramolecular Hbond substituents is 1. The molecule has 5 amide bonds. The van der Waals surface area contributed by atoms with Gasteiger partial charge in [-0.25, -0.2) is 34.9 Å². The zero-order valence-electron chi connectivity index (χ0n) is 43.6. The number of carbonyl (C=O) groups is 7. The molecule has 1 aromatic carbocycles. The number of aromatic nitrogens is 7. The molecule has 7 aromatic heterocycles. The first kappa shape index (κ1) is 56.3. The van der Waals surface area contributed by atoms with Crippen molar-refractivity contribution in [2.45, 2.75) is 95.5 Å². The van der Waals surface area contributed by atoms with E-state index in [1.807, 2.05) is 12.3 Å². The predicted molar refractivity (Wildman–Crippen MR) is 308 cm³/mol. The molecule has 11 rings (SSSR count). The van der Waals surface area contributed by atoms with Crippen molar-refractivity contribution in [2.75, 3.05) is 6.54 Å². The van der Waals surface area contributed by atoms with Gasteiger partial charge in [0.15, 0.2) is 5.78 Å². The molecule has 0 unspecified atom stereocenters. The van der Waals surface area contributed by atoms with Crippen molar-refractivity contribution < 1.29 is 48.9 Å². The quantitative estimate of drug-likeness (QED) is 0.0786. The van der Waals surface area contributed by atoms with Gasteiger partial charge in [0.25, 0.3) is 17.7 Å². The van der Waals surface area contributed by atoms with Gasteiger partial charge in [-0.1, -0.05) is 19.1 Å². The van der Waals surface area contributed by atoms with E-state index < -0.39 is 65.7 Å². The minimum absolute atomic E-state index is 0.0148. The van der Waals surface area contributed by atoms with Gasteiger partial charge in [-0.15, -0.1) is 68.0 Å². The normalized spacial score (nSPS) is 21.5. The van der Waals surface area contributed by atoms with Gasteiger partial charge >= 0.3 is 5.97 Å². The van der Waals surface area contributed by atoms with Crippen molar-refractivity contribution in [2.24, 2.45) is 17.6 Å². The van der Waals surface area contributed by atoms with Crippen LogP contribution in [0.5, 0.6) is 5.75 Å². The highest BCUT2D eigenvalue weighted by Gasteiger charge is 2.45. The SMILES string of the molecule is Cc1sc2nc1C(=O)CCc1nc(cs1)C(=O)N[C@@H](Cc1ccc(O)cc1)C(=O)N1C[C@H](O)[C@H](C)[C@H]1c1nc(cs1)-c1nc(cs1)-c1nc(-c3nc(C(=O)NC4CCC(C(=O)O)CC4)cs3)ccc1-c1nc(cs1)C(=O)N[C@H]2CC(N)=O. The number of carbonyl (C=O) groups excluding carboxylic acids is 6. The third-order valence-corrected chi connectivity index (χ3v) is 20.0. The monoisotopic (exact) mass is 1220 g/mol. The maximum absolute atomic E-state index is 14.9. The number of aryl methyl sites for hydroxylation is 2. The Labute approximate surface area is 491 Å². The maximum Gasteiger partial charge on any atom is 0.306 e. The third-order valence-electron chi connectivity index (χ3n) is 14.5. The molecule has 22 nitrogen and oxygen atoms in total. The van der Waals surface area contributed by atoms with E-state index in [2.05, 4.69) is 30.9 Å². The highest BCUT2D eigenvalue weighted by atomic mass is 32.1. The number of Topliss-reactive ketones (excluding diaryl/α,β-unsaturated/α-hetero) is 1. The molecule has 9 heterocycles. The summed E-state index contributed by atoms with van der Waals surface area (Å²) in [5, 5.41) is 50.6. The van der Waals surface area contributed by atoms with Gasteiger partial charge < -0.3 is 41.9 Å². The lowest BCUT2D eigenvalue weighted by Crippen LogP contribution is -2.50. The van der Waals surface area contributed by atoms with Crippen LogP contribution in [-0.4, -0.2) is 121 Å². The molecule has 1 aliphatic carbocycles. The summed E-state index contributed by atoms with van der Waals surface area (Å²) in [6.45, 7) is 3.49. The van der Waals surface area contributed by atoms with Crippen LogP contribution < -0.4 is 21.7 Å². The molecule has 0 spiro atoms. The van der Waals surface area contributed by atoms with Crippen LogP contribution in [0.25, 0.3) is 43.4 Å². The van der Waals surface area contributed by atoms with Gasteiger partial charge in [-0.2, -0.15) is 0 Å². The Morgan fingerprint density at radius 2 is 1.38 bits per heavy atom. The number of hydrogen-bond acceptors (Lipinski definition) is 22. The lowest BCUT2D eigenvalue weighted by atomic mass is 9.86. The van der Waals surface area contributed by atoms with Gasteiger partial charge in [0, 0.05) is 75.1 Å². The number of primary amides is 1. The number of fused-ring (bicyclic) bond motifs is 16. The molecule has 1 saturated heterocycles. The number of aliphatic carboxylic acids is 1. The standard InChI is InChI=1S/C54H50N12O10S6/c1-23-39(69)17-66-44(23)52-64-37(22-81-52)50-61-33(18-79-50)43-29(11-12-30(58-43)49-63-35(21-80-49)45(71)56-27-7-5-26(6-8-27)54(75)76)48-62-36(20-78-48)47(73)59-31(16-40(55)70)51-65-42(24(2)82-51)38(68)13-14-41-57-34(19-77-41)46(72)60-32(53(66)74)15-25-3-9-28(67)10-4-25/h3-4,9-12,18-23,26-27,31-32,39,44,67,69H,5-8,13-17H2,1-2H3,(H2,55,70)(H,56,71)(H,59,73)(H,60,72)(H,75,76)/t23-,26?,27?,31-,32-,39-,44-/m0/s1. The van der Waals surface area contributed by atoms with Crippen LogP contribution in [0.15, 0.2) is 63.3 Å². The van der Waals surface area contributed by atoms with Crippen molar-refractivity contribution in [1.29, 1.82) is 0 Å². The summed E-state index contributed by atoms with van der Waals surface area (Å²) in [6.07, 6.45) is 0.885. The fourth-order valence-corrected chi connectivity index (χ4v) is 15.3. The number of aromatic hydroxyl groups is 1. The first-order chi connectivity index (χ1) is 39.4. The number of aliphatic hydroxyl groups excluding tert-OH is 1. The zero-order chi connectivity index (χ0) is 57.5. The number of thiazole rings is 6. The molecule has 8 aromatic rings. The second kappa shape index (κ2) is 23.7. The number of carboxylic acid groups (broad SMARTS) is 1. The number of phenols is 1. The second-order valence-corrected chi connectivity index (χ2v) is 25.7. The van der Waals surface area contributed by atoms with E-state index in [1.165, 1.54) is 73.7 Å². The number of aliphatic hydroxyl groups is 1. The Bertz CT molecular complexity index is 3780. The van der Waals surface area contributed by atoms with E-state index in [9.17, 15) is 48.9 Å². The van der Waals surface area contributed by atoms with E-state index >= 15 is 0 Å². The zero-order valence-corrected chi connectivity index (χ0v) is 48.5. The van der Waals surface area contributed by atoms with Crippen molar-refractivity contribution in [3.8, 4) is 49.1 Å². The summed E-state index contributed by atoms with van der Waals surface area (Å²) in [6, 6.07) is 6.72. The number of carboxylic acids is 1. The lowest BCUT2D eigenvalue weighted by Gasteiger charge is -2.29. The smallest absolute Gasteiger partial charge is 0.306 e. The van der Waals surface area contributed by atoms with Crippen molar-refractivity contribution >= 4 is 109 Å². The average Bonchev–Trinajstić information content (AvgIpc) is 4.53. The number of amides is 5. The number of benzene rings is 1. The highest BCUT2D eigenvalue weighted by Crippen LogP contribution is 2.43. The number of nitrogens with two attached hydrogens (primary N) is 1. The molecule has 422 valence electrons. The number of nitrogens with one attached hydrogen (secondary N) is 3. The summed E-state index contributed by atoms with van der Waals surface area (Å²) in [4.78, 5) is 130. The molecule has 1 saturated carbocycles. The van der Waals surface area contributed by atoms with E-state index in [0.29, 0.717) is 89.5 Å². The second-order valence-electron chi connectivity index (χ2n) is 20.1. The lowest BCUT2D eigenvalue weighted by molar-refractivity contribution is -0.143. The van der Waals surface area contributed by atoms with Crippen LogP contribution in [-0.2, 0) is 27.2 Å². The topological polar surface area (TPSA) is 336 Å². The molecule has 10 bridgehead atoms. The third kappa shape index (κ3) is 12.0. The van der Waals surface area contributed by atoms with Gasteiger partial charge in [-0.3, -0.25) is 33.6 Å². The highest BCUT2D eigenvalue weighted by molar-refractivity contribution is 7.15. The molecular formula is C54H50N12O10S6. The largest absolute Gasteiger partial charge is 0.508 e. The van der Waals surface area contributed by atoms with Crippen LogP contribution in [0.2, 0.25) is 0 Å². The summed E-state index contributed by atoms with van der Waals surface area (Å²) in [5.41, 5.74) is 8.87. The predicted octanol–water partition coefficient (Wildman–Crippen LogP) is 7.27. The van der Waals surface area contributed by atoms with E-state index in [-0.39, 0.29) is 83.5 Å². The van der Waals surface area contributed by atoms with Crippen molar-refractivity contribution in [3.05, 3.63) is 112 Å². The molecule has 28 heteroatoms. The van der Waals surface area contributed by atoms with Crippen LogP contribution in [0.3, 0.4) is 0 Å². The summed E-state index contributed by atoms with van der Waals surface area (Å²) < 4.78 is 0. The molecule has 5 atom stereocenters. The summed E-state index contributed by atoms with van der Waals surface area (Å²) >= 11 is 7.26. The Balaban J connectivity index is 0.959. The molecule has 0 radical (unpaired) electrons. The Hall–Kier alpha value is -7.60. The first-order valence-corrected chi connectivity index (χ1v) is 31.1. The van der Waals surface area contributed by atoms with E-state index in [1.54, 1.807) is 52.7 Å². The van der Waals surface area contributed by atoms with Crippen LogP contribution in [0, 0.1) is 18.8 Å². The van der Waals surface area contributed by atoms with Crippen LogP contribution in [0.1, 0.15) is 125 Å². The van der Waals surface area contributed by atoms with Crippen molar-refractivity contribution in [1.82, 2.24) is 55.7 Å². The maximum atomic E-state index is 14.9. The molecule has 2 fully saturated rings. The number of ketones is 1. The van der Waals surface area contributed by atoms with Crippen molar-refractivity contribution in [3.63, 3.8) is 0 Å². The minimum atomic E-state index is -1.15. The van der Waals surface area contributed by atoms with E-state index in [4.69, 9.17) is 25.7 Å². The number of hydrogen-bond donors (Lipinski definition) is 7. The Morgan fingerprint density at radius 1 is 0.707 bits per heavy atom. The minimum Gasteiger partial charge on any atom is -0.508 e. The molecule has 82 heavy (non-hydrogen) atoms. The molecule has 2 aliphatic heterocycles. The fourth-order valence-electron chi connectivity index (χ4n) is 10.1. The number of pyridine rings is 1.